The van der Waals surface area contributed by atoms with Crippen molar-refractivity contribution in [2.24, 2.45) is 0 Å². The van der Waals surface area contributed by atoms with Gasteiger partial charge in [-0.3, -0.25) is 14.2 Å². The van der Waals surface area contributed by atoms with E-state index in [1.54, 1.807) is 0 Å². The first-order valence-corrected chi connectivity index (χ1v) is 37.4. The lowest BCUT2D eigenvalue weighted by molar-refractivity contribution is -0.870. The maximum Gasteiger partial charge on any atom is 0.306 e. The van der Waals surface area contributed by atoms with Gasteiger partial charge in [0.1, 0.15) is 19.8 Å². The second-order valence-electron chi connectivity index (χ2n) is 26.0. The van der Waals surface area contributed by atoms with Gasteiger partial charge in [0.15, 0.2) is 6.10 Å². The minimum Gasteiger partial charge on any atom is -0.756 e. The van der Waals surface area contributed by atoms with E-state index < -0.39 is 26.5 Å². The van der Waals surface area contributed by atoms with Crippen LogP contribution in [0.15, 0.2) is 12.2 Å². The summed E-state index contributed by atoms with van der Waals surface area (Å²) < 4.78 is 34.3. The number of carbonyl (C=O) groups excluding carboxylic acids is 2. The number of esters is 2. The fraction of sp³-hybridized carbons (Fsp3) is 0.944. The molecule has 482 valence electrons. The number of unbranched alkanes of at least 4 members (excludes halogenated alkanes) is 52. The van der Waals surface area contributed by atoms with Crippen LogP contribution in [0.2, 0.25) is 0 Å². The van der Waals surface area contributed by atoms with E-state index in [4.69, 9.17) is 18.5 Å². The van der Waals surface area contributed by atoms with Gasteiger partial charge in [0.2, 0.25) is 0 Å². The van der Waals surface area contributed by atoms with Crippen molar-refractivity contribution in [3.05, 3.63) is 12.2 Å². The molecule has 0 N–H and O–H groups in total. The predicted octanol–water partition coefficient (Wildman–Crippen LogP) is 22.5. The summed E-state index contributed by atoms with van der Waals surface area (Å²) in [6.07, 6.45) is 77.4. The molecule has 81 heavy (non-hydrogen) atoms. The van der Waals surface area contributed by atoms with Gasteiger partial charge in [0.25, 0.3) is 7.82 Å². The van der Waals surface area contributed by atoms with E-state index >= 15 is 0 Å². The van der Waals surface area contributed by atoms with Crippen molar-refractivity contribution < 1.29 is 42.1 Å². The third-order valence-corrected chi connectivity index (χ3v) is 17.5. The number of hydrogen-bond donors (Lipinski definition) is 0. The summed E-state index contributed by atoms with van der Waals surface area (Å²) in [5.74, 6) is -0.808. The Morgan fingerprint density at radius 2 is 0.630 bits per heavy atom. The zero-order valence-corrected chi connectivity index (χ0v) is 55.9. The third-order valence-electron chi connectivity index (χ3n) is 16.5. The molecule has 0 bridgehead atoms. The van der Waals surface area contributed by atoms with E-state index in [1.807, 2.05) is 21.1 Å². The molecule has 2 atom stereocenters. The van der Waals surface area contributed by atoms with E-state index in [9.17, 15) is 19.0 Å². The Morgan fingerprint density at radius 1 is 0.370 bits per heavy atom. The van der Waals surface area contributed by atoms with Crippen molar-refractivity contribution >= 4 is 19.8 Å². The monoisotopic (exact) mass is 1170 g/mol. The molecule has 10 heteroatoms. The van der Waals surface area contributed by atoms with Gasteiger partial charge in [-0.05, 0) is 38.5 Å². The first-order valence-electron chi connectivity index (χ1n) is 35.9. The molecular weight excluding hydrogens is 1030 g/mol. The molecule has 0 radical (unpaired) electrons. The maximum atomic E-state index is 12.9. The highest BCUT2D eigenvalue weighted by Gasteiger charge is 2.22. The molecule has 0 fully saturated rings. The van der Waals surface area contributed by atoms with Crippen LogP contribution >= 0.6 is 7.82 Å². The predicted molar refractivity (Wildman–Crippen MR) is 347 cm³/mol. The molecule has 0 amide bonds. The summed E-state index contributed by atoms with van der Waals surface area (Å²) in [6, 6.07) is 0. The summed E-state index contributed by atoms with van der Waals surface area (Å²) in [6.45, 7) is 4.33. The minimum atomic E-state index is -4.64. The van der Waals surface area contributed by atoms with Gasteiger partial charge in [0, 0.05) is 12.8 Å². The van der Waals surface area contributed by atoms with Gasteiger partial charge in [-0.1, -0.05) is 341 Å². The van der Waals surface area contributed by atoms with E-state index in [0.29, 0.717) is 17.4 Å². The Bertz CT molecular complexity index is 1370. The summed E-state index contributed by atoms with van der Waals surface area (Å²) in [7, 11) is 1.19. The number of phosphoric acid groups is 1. The van der Waals surface area contributed by atoms with Gasteiger partial charge >= 0.3 is 11.9 Å². The molecule has 0 saturated heterocycles. The molecule has 0 aromatic rings. The Kier molecular flexibility index (Phi) is 62.3. The van der Waals surface area contributed by atoms with Crippen LogP contribution in [-0.2, 0) is 32.7 Å². The molecule has 0 saturated carbocycles. The molecule has 9 nitrogen and oxygen atoms in total. The molecule has 0 aromatic heterocycles. The lowest BCUT2D eigenvalue weighted by Gasteiger charge is -2.28. The van der Waals surface area contributed by atoms with E-state index in [2.05, 4.69) is 26.0 Å². The lowest BCUT2D eigenvalue weighted by Crippen LogP contribution is -2.37. The number of nitrogens with zero attached hydrogens (tertiary/aromatic N) is 1. The molecule has 0 aromatic carbocycles. The van der Waals surface area contributed by atoms with Gasteiger partial charge in [0.05, 0.1) is 27.7 Å². The van der Waals surface area contributed by atoms with Crippen molar-refractivity contribution in [1.29, 1.82) is 0 Å². The first kappa shape index (κ1) is 79.8. The van der Waals surface area contributed by atoms with Crippen LogP contribution in [0.25, 0.3) is 0 Å². The van der Waals surface area contributed by atoms with Gasteiger partial charge in [-0.25, -0.2) is 0 Å². The fourth-order valence-electron chi connectivity index (χ4n) is 11.0. The van der Waals surface area contributed by atoms with Crippen LogP contribution in [0.3, 0.4) is 0 Å². The van der Waals surface area contributed by atoms with Gasteiger partial charge in [-0.2, -0.15) is 0 Å². The van der Waals surface area contributed by atoms with Gasteiger partial charge in [-0.15, -0.1) is 0 Å². The van der Waals surface area contributed by atoms with E-state index in [1.165, 1.54) is 315 Å². The number of ether oxygens (including phenoxy) is 2. The van der Waals surface area contributed by atoms with Crippen LogP contribution in [0.4, 0.5) is 0 Å². The topological polar surface area (TPSA) is 111 Å². The molecule has 0 aliphatic carbocycles. The third kappa shape index (κ3) is 67.7. The zero-order valence-electron chi connectivity index (χ0n) is 55.0. The van der Waals surface area contributed by atoms with E-state index in [0.717, 1.165) is 32.1 Å². The van der Waals surface area contributed by atoms with Crippen molar-refractivity contribution in [2.45, 2.75) is 386 Å². The quantitative estimate of drug-likeness (QED) is 0.0195. The average molecular weight is 1170 g/mol. The average Bonchev–Trinajstić information content (AvgIpc) is 3.43. The van der Waals surface area contributed by atoms with Gasteiger partial charge < -0.3 is 27.9 Å². The summed E-state index contributed by atoms with van der Waals surface area (Å²) in [5, 5.41) is 0. The van der Waals surface area contributed by atoms with Crippen molar-refractivity contribution in [3.63, 3.8) is 0 Å². The van der Waals surface area contributed by atoms with Crippen molar-refractivity contribution in [1.82, 2.24) is 0 Å². The number of phosphoric ester groups is 1. The number of hydrogen-bond acceptors (Lipinski definition) is 8. The molecule has 0 rings (SSSR count). The van der Waals surface area contributed by atoms with Crippen LogP contribution in [0.5, 0.6) is 0 Å². The highest BCUT2D eigenvalue weighted by atomic mass is 31.2. The normalized spacial score (nSPS) is 13.1. The standard InChI is InChI=1S/C71H140NO8P/c1-6-8-10-12-14-16-18-20-22-24-26-28-30-32-33-34-35-36-37-38-40-41-43-45-47-49-51-53-55-57-59-61-63-70(73)77-67-69(68-79-81(75,76)78-66-65-72(3,4)5)80-71(74)64-62-60-58-56-54-52-50-48-46-44-42-39-31-29-27-25-23-21-19-17-15-13-11-9-7-2/h25,27,69H,6-24,26,28-68H2,1-5H3/b27-25-. The summed E-state index contributed by atoms with van der Waals surface area (Å²) >= 11 is 0. The van der Waals surface area contributed by atoms with Crippen LogP contribution in [-0.4, -0.2) is 70.0 Å². The van der Waals surface area contributed by atoms with E-state index in [-0.39, 0.29) is 32.0 Å². The Hall–Kier alpha value is -1.25. The molecule has 0 heterocycles. The van der Waals surface area contributed by atoms with Crippen LogP contribution < -0.4 is 4.89 Å². The van der Waals surface area contributed by atoms with Crippen molar-refractivity contribution in [3.8, 4) is 0 Å². The lowest BCUT2D eigenvalue weighted by atomic mass is 10.0. The largest absolute Gasteiger partial charge is 0.756 e. The maximum absolute atomic E-state index is 12.9. The second kappa shape index (κ2) is 63.3. The molecule has 0 aliphatic heterocycles. The molecule has 2 unspecified atom stereocenters. The smallest absolute Gasteiger partial charge is 0.306 e. The molecule has 0 spiro atoms. The van der Waals surface area contributed by atoms with Crippen LogP contribution in [0, 0.1) is 0 Å². The number of likely N-dealkylation sites (N-methyl/N-ethyl adjacent to an activating group) is 1. The first-order chi connectivity index (χ1) is 39.5. The summed E-state index contributed by atoms with van der Waals surface area (Å²) in [5.41, 5.74) is 0. The highest BCUT2D eigenvalue weighted by Crippen LogP contribution is 2.38. The number of carbonyl (C=O) groups is 2. The number of rotatable bonds is 68. The highest BCUT2D eigenvalue weighted by molar-refractivity contribution is 7.45. The number of quaternary nitrogens is 1. The fourth-order valence-corrected chi connectivity index (χ4v) is 11.7. The molecule has 0 aliphatic rings. The Morgan fingerprint density at radius 3 is 0.914 bits per heavy atom. The van der Waals surface area contributed by atoms with Crippen LogP contribution in [0.1, 0.15) is 380 Å². The Balaban J connectivity index is 3.96. The Labute approximate surface area is 505 Å². The zero-order chi connectivity index (χ0) is 59.1. The number of allylic oxidation sites excluding steroid dienone is 2. The second-order valence-corrected chi connectivity index (χ2v) is 27.4. The molecular formula is C71H140NO8P. The minimum absolute atomic E-state index is 0.0264. The summed E-state index contributed by atoms with van der Waals surface area (Å²) in [4.78, 5) is 38.1. The van der Waals surface area contributed by atoms with Crippen molar-refractivity contribution in [2.75, 3.05) is 47.5 Å². The SMILES string of the molecule is CCCCCCCCCC/C=C\CCCCCCCCCCCCCCCC(=O)OC(COC(=O)CCCCCCCCCCCCCCCCCCCCCCCCCCCCCCCCCC)COP(=O)([O-])OCC[N+](C)(C)C.